The molecule has 0 radical (unpaired) electrons. The standard InChI is InChI=1S/C12H15NO2.ClH/c1-2-4-11-9(3-1)12-10(5-7-14-11)13-6-8-15-12;/h1-4,10,12-13H,5-8H2;1H/t10-,12-;/m0./s1. The van der Waals surface area contributed by atoms with Crippen LogP contribution in [0, 0.1) is 0 Å². The van der Waals surface area contributed by atoms with Gasteiger partial charge in [-0.05, 0) is 12.5 Å². The molecule has 4 heteroatoms. The molecular formula is C12H16ClNO2. The number of hydrogen-bond donors (Lipinski definition) is 1. The molecule has 1 aromatic rings. The Kier molecular flexibility index (Phi) is 3.69. The van der Waals surface area contributed by atoms with E-state index < -0.39 is 0 Å². The topological polar surface area (TPSA) is 30.5 Å². The Hall–Kier alpha value is -0.770. The van der Waals surface area contributed by atoms with E-state index in [1.807, 2.05) is 18.2 Å². The number of morpholine rings is 1. The summed E-state index contributed by atoms with van der Waals surface area (Å²) in [5, 5.41) is 3.50. The number of hydrogen-bond acceptors (Lipinski definition) is 3. The fraction of sp³-hybridized carbons (Fsp3) is 0.500. The van der Waals surface area contributed by atoms with Crippen molar-refractivity contribution >= 4 is 12.4 Å². The number of benzene rings is 1. The molecule has 2 aliphatic rings. The zero-order chi connectivity index (χ0) is 10.1. The van der Waals surface area contributed by atoms with Crippen LogP contribution >= 0.6 is 12.4 Å². The average molecular weight is 242 g/mol. The highest BCUT2D eigenvalue weighted by Gasteiger charge is 2.31. The molecule has 16 heavy (non-hydrogen) atoms. The van der Waals surface area contributed by atoms with Gasteiger partial charge in [-0.25, -0.2) is 0 Å². The second-order valence-electron chi connectivity index (χ2n) is 4.03. The number of nitrogens with one attached hydrogen (secondary N) is 1. The van der Waals surface area contributed by atoms with Crippen LogP contribution < -0.4 is 10.1 Å². The van der Waals surface area contributed by atoms with E-state index in [-0.39, 0.29) is 18.5 Å². The first-order valence-electron chi connectivity index (χ1n) is 5.52. The Morgan fingerprint density at radius 3 is 3.00 bits per heavy atom. The van der Waals surface area contributed by atoms with Crippen molar-refractivity contribution in [1.82, 2.24) is 5.32 Å². The van der Waals surface area contributed by atoms with Crippen LogP contribution in [0.3, 0.4) is 0 Å². The molecule has 1 fully saturated rings. The first-order valence-corrected chi connectivity index (χ1v) is 5.52. The molecule has 0 bridgehead atoms. The third-order valence-electron chi connectivity index (χ3n) is 3.08. The summed E-state index contributed by atoms with van der Waals surface area (Å²) >= 11 is 0. The predicted octanol–water partition coefficient (Wildman–Crippen LogP) is 1.92. The van der Waals surface area contributed by atoms with Gasteiger partial charge in [-0.2, -0.15) is 0 Å². The smallest absolute Gasteiger partial charge is 0.125 e. The molecule has 0 saturated carbocycles. The monoisotopic (exact) mass is 241 g/mol. The molecule has 3 nitrogen and oxygen atoms in total. The number of rotatable bonds is 0. The minimum atomic E-state index is 0. The minimum absolute atomic E-state index is 0. The third kappa shape index (κ3) is 2.03. The first kappa shape index (κ1) is 11.7. The zero-order valence-corrected chi connectivity index (χ0v) is 9.83. The van der Waals surface area contributed by atoms with Crippen LogP contribution in [0.2, 0.25) is 0 Å². The minimum Gasteiger partial charge on any atom is -0.493 e. The van der Waals surface area contributed by atoms with E-state index in [0.717, 1.165) is 31.9 Å². The van der Waals surface area contributed by atoms with Crippen LogP contribution in [0.25, 0.3) is 0 Å². The molecule has 2 aliphatic heterocycles. The van der Waals surface area contributed by atoms with Crippen molar-refractivity contribution in [3.05, 3.63) is 29.8 Å². The third-order valence-corrected chi connectivity index (χ3v) is 3.08. The molecular weight excluding hydrogens is 226 g/mol. The van der Waals surface area contributed by atoms with Gasteiger partial charge in [0.25, 0.3) is 0 Å². The van der Waals surface area contributed by atoms with E-state index in [2.05, 4.69) is 11.4 Å². The summed E-state index contributed by atoms with van der Waals surface area (Å²) in [6.45, 7) is 2.51. The summed E-state index contributed by atoms with van der Waals surface area (Å²) in [6, 6.07) is 8.58. The van der Waals surface area contributed by atoms with Gasteiger partial charge < -0.3 is 14.8 Å². The van der Waals surface area contributed by atoms with Crippen molar-refractivity contribution < 1.29 is 9.47 Å². The lowest BCUT2D eigenvalue weighted by Gasteiger charge is -2.31. The lowest BCUT2D eigenvalue weighted by atomic mass is 9.99. The lowest BCUT2D eigenvalue weighted by molar-refractivity contribution is -0.00584. The van der Waals surface area contributed by atoms with Gasteiger partial charge in [0.15, 0.2) is 0 Å². The maximum Gasteiger partial charge on any atom is 0.125 e. The Labute approximate surface area is 102 Å². The van der Waals surface area contributed by atoms with E-state index in [1.54, 1.807) is 0 Å². The summed E-state index contributed by atoms with van der Waals surface area (Å²) in [6.07, 6.45) is 1.18. The van der Waals surface area contributed by atoms with Crippen molar-refractivity contribution in [3.8, 4) is 5.75 Å². The average Bonchev–Trinajstić information content (AvgIpc) is 2.48. The molecule has 88 valence electrons. The van der Waals surface area contributed by atoms with Crippen molar-refractivity contribution in [1.29, 1.82) is 0 Å². The van der Waals surface area contributed by atoms with Gasteiger partial charge in [0, 0.05) is 18.2 Å². The van der Waals surface area contributed by atoms with E-state index in [4.69, 9.17) is 9.47 Å². The Balaban J connectivity index is 0.000000963. The molecule has 3 rings (SSSR count). The molecule has 1 aromatic carbocycles. The van der Waals surface area contributed by atoms with Crippen LogP contribution in [0.4, 0.5) is 0 Å². The van der Waals surface area contributed by atoms with Crippen LogP contribution in [-0.2, 0) is 4.74 Å². The SMILES string of the molecule is Cl.c1ccc2c(c1)OCC[C@@H]1NCCO[C@@H]21. The molecule has 2 heterocycles. The number of ether oxygens (including phenoxy) is 2. The second-order valence-corrected chi connectivity index (χ2v) is 4.03. The van der Waals surface area contributed by atoms with Gasteiger partial charge in [0.1, 0.15) is 11.9 Å². The van der Waals surface area contributed by atoms with Gasteiger partial charge in [0.05, 0.1) is 13.2 Å². The summed E-state index contributed by atoms with van der Waals surface area (Å²) in [5.74, 6) is 0.980. The summed E-state index contributed by atoms with van der Waals surface area (Å²) in [7, 11) is 0. The van der Waals surface area contributed by atoms with Crippen molar-refractivity contribution in [3.63, 3.8) is 0 Å². The second kappa shape index (κ2) is 5.04. The largest absolute Gasteiger partial charge is 0.493 e. The molecule has 0 spiro atoms. The fourth-order valence-electron chi connectivity index (χ4n) is 2.36. The van der Waals surface area contributed by atoms with Gasteiger partial charge in [0.2, 0.25) is 0 Å². The molecule has 1 saturated heterocycles. The molecule has 0 aliphatic carbocycles. The fourth-order valence-corrected chi connectivity index (χ4v) is 2.36. The van der Waals surface area contributed by atoms with E-state index in [0.29, 0.717) is 6.04 Å². The first-order chi connectivity index (χ1) is 7.45. The number of halogens is 1. The number of fused-ring (bicyclic) bond motifs is 3. The normalized spacial score (nSPS) is 27.8. The van der Waals surface area contributed by atoms with Crippen molar-refractivity contribution in [2.75, 3.05) is 19.8 Å². The summed E-state index contributed by atoms with van der Waals surface area (Å²) < 4.78 is 11.6. The van der Waals surface area contributed by atoms with E-state index in [1.165, 1.54) is 5.56 Å². The Bertz CT molecular complexity index is 359. The van der Waals surface area contributed by atoms with Crippen LogP contribution in [0.5, 0.6) is 5.75 Å². The van der Waals surface area contributed by atoms with Crippen LogP contribution in [0.15, 0.2) is 24.3 Å². The van der Waals surface area contributed by atoms with Gasteiger partial charge in [-0.3, -0.25) is 0 Å². The Morgan fingerprint density at radius 2 is 2.06 bits per heavy atom. The van der Waals surface area contributed by atoms with Crippen LogP contribution in [-0.4, -0.2) is 25.8 Å². The quantitative estimate of drug-likeness (QED) is 0.753. The van der Waals surface area contributed by atoms with Gasteiger partial charge in [-0.15, -0.1) is 12.4 Å². The predicted molar refractivity (Wildman–Crippen MR) is 64.3 cm³/mol. The van der Waals surface area contributed by atoms with Gasteiger partial charge >= 0.3 is 0 Å². The molecule has 1 N–H and O–H groups in total. The van der Waals surface area contributed by atoms with E-state index >= 15 is 0 Å². The summed E-state index contributed by atoms with van der Waals surface area (Å²) in [4.78, 5) is 0. The highest BCUT2D eigenvalue weighted by atomic mass is 35.5. The van der Waals surface area contributed by atoms with Crippen LogP contribution in [0.1, 0.15) is 18.1 Å². The maximum absolute atomic E-state index is 5.85. The number of para-hydroxylation sites is 1. The van der Waals surface area contributed by atoms with Crippen molar-refractivity contribution in [2.24, 2.45) is 0 Å². The van der Waals surface area contributed by atoms with Gasteiger partial charge in [-0.1, -0.05) is 18.2 Å². The maximum atomic E-state index is 5.85. The van der Waals surface area contributed by atoms with E-state index in [9.17, 15) is 0 Å². The highest BCUT2D eigenvalue weighted by Crippen LogP contribution is 2.34. The molecule has 2 atom stereocenters. The summed E-state index contributed by atoms with van der Waals surface area (Å²) in [5.41, 5.74) is 1.19. The molecule has 0 aromatic heterocycles. The highest BCUT2D eigenvalue weighted by molar-refractivity contribution is 5.85. The zero-order valence-electron chi connectivity index (χ0n) is 9.02. The Morgan fingerprint density at radius 1 is 1.19 bits per heavy atom. The lowest BCUT2D eigenvalue weighted by Crippen LogP contribution is -2.43. The molecule has 0 unspecified atom stereocenters. The molecule has 0 amide bonds. The van der Waals surface area contributed by atoms with Crippen molar-refractivity contribution in [2.45, 2.75) is 18.6 Å².